The molecule has 1 aromatic carbocycles. The lowest BCUT2D eigenvalue weighted by molar-refractivity contribution is 0.105. The standard InChI is InChI=1S/C17H11ClO2S/c18-14-5-2-1-4-13(14)16-10-8-12(20-16)7-9-15(19)17-6-3-11-21-17/h1-11H/b9-7+. The van der Waals surface area contributed by atoms with Crippen LogP contribution in [0.25, 0.3) is 17.4 Å². The van der Waals surface area contributed by atoms with Crippen molar-refractivity contribution in [1.29, 1.82) is 0 Å². The Morgan fingerprint density at radius 2 is 1.95 bits per heavy atom. The van der Waals surface area contributed by atoms with Gasteiger partial charge in [0.1, 0.15) is 11.5 Å². The van der Waals surface area contributed by atoms with Crippen LogP contribution in [0.1, 0.15) is 15.4 Å². The van der Waals surface area contributed by atoms with Crippen molar-refractivity contribution in [2.45, 2.75) is 0 Å². The smallest absolute Gasteiger partial charge is 0.195 e. The van der Waals surface area contributed by atoms with Gasteiger partial charge >= 0.3 is 0 Å². The second-order valence-electron chi connectivity index (χ2n) is 4.36. The zero-order valence-corrected chi connectivity index (χ0v) is 12.5. The van der Waals surface area contributed by atoms with Crippen molar-refractivity contribution in [2.24, 2.45) is 0 Å². The van der Waals surface area contributed by atoms with E-state index in [1.807, 2.05) is 47.8 Å². The van der Waals surface area contributed by atoms with E-state index < -0.39 is 0 Å². The highest BCUT2D eigenvalue weighted by molar-refractivity contribution is 7.12. The third-order valence-corrected chi connectivity index (χ3v) is 4.14. The van der Waals surface area contributed by atoms with E-state index in [0.717, 1.165) is 5.56 Å². The maximum absolute atomic E-state index is 11.9. The van der Waals surface area contributed by atoms with Crippen LogP contribution in [0.5, 0.6) is 0 Å². The van der Waals surface area contributed by atoms with E-state index in [2.05, 4.69) is 0 Å². The van der Waals surface area contributed by atoms with Crippen molar-refractivity contribution in [3.05, 3.63) is 75.6 Å². The molecule has 2 nitrogen and oxygen atoms in total. The molecule has 4 heteroatoms. The second kappa shape index (κ2) is 6.12. The normalized spacial score (nSPS) is 11.1. The fourth-order valence-corrected chi connectivity index (χ4v) is 2.78. The lowest BCUT2D eigenvalue weighted by atomic mass is 10.2. The first-order valence-electron chi connectivity index (χ1n) is 6.35. The summed E-state index contributed by atoms with van der Waals surface area (Å²) in [5.74, 6) is 1.28. The Hall–Kier alpha value is -2.10. The van der Waals surface area contributed by atoms with Gasteiger partial charge in [-0.15, -0.1) is 11.3 Å². The van der Waals surface area contributed by atoms with Crippen LogP contribution in [-0.4, -0.2) is 5.78 Å². The van der Waals surface area contributed by atoms with E-state index in [-0.39, 0.29) is 5.78 Å². The highest BCUT2D eigenvalue weighted by Gasteiger charge is 2.07. The molecule has 0 unspecified atom stereocenters. The number of hydrogen-bond donors (Lipinski definition) is 0. The number of thiophene rings is 1. The van der Waals surface area contributed by atoms with E-state index in [1.54, 1.807) is 12.1 Å². The van der Waals surface area contributed by atoms with Gasteiger partial charge in [0.05, 0.1) is 9.90 Å². The van der Waals surface area contributed by atoms with Crippen LogP contribution in [0.3, 0.4) is 0 Å². The first-order chi connectivity index (χ1) is 10.2. The van der Waals surface area contributed by atoms with E-state index in [1.165, 1.54) is 17.4 Å². The van der Waals surface area contributed by atoms with Gasteiger partial charge < -0.3 is 4.42 Å². The molecule has 0 fully saturated rings. The molecule has 3 aromatic rings. The summed E-state index contributed by atoms with van der Waals surface area (Å²) in [6.07, 6.45) is 3.18. The fraction of sp³-hybridized carbons (Fsp3) is 0. The van der Waals surface area contributed by atoms with Gasteiger partial charge in [-0.1, -0.05) is 29.8 Å². The molecule has 0 aliphatic heterocycles. The lowest BCUT2D eigenvalue weighted by Crippen LogP contribution is -1.88. The number of carbonyl (C=O) groups is 1. The Balaban J connectivity index is 1.80. The Morgan fingerprint density at radius 1 is 1.10 bits per heavy atom. The van der Waals surface area contributed by atoms with Crippen LogP contribution in [0.2, 0.25) is 5.02 Å². The first kappa shape index (κ1) is 13.9. The van der Waals surface area contributed by atoms with Gasteiger partial charge in [0, 0.05) is 5.56 Å². The molecular formula is C17H11ClO2S. The molecule has 0 saturated carbocycles. The largest absolute Gasteiger partial charge is 0.457 e. The molecule has 0 radical (unpaired) electrons. The Bertz CT molecular complexity index is 785. The number of allylic oxidation sites excluding steroid dienone is 1. The molecular weight excluding hydrogens is 304 g/mol. The van der Waals surface area contributed by atoms with E-state index >= 15 is 0 Å². The SMILES string of the molecule is O=C(/C=C/c1ccc(-c2ccccc2Cl)o1)c1cccs1. The molecule has 0 saturated heterocycles. The summed E-state index contributed by atoms with van der Waals surface area (Å²) in [5.41, 5.74) is 0.836. The van der Waals surface area contributed by atoms with Gasteiger partial charge in [-0.25, -0.2) is 0 Å². The fourth-order valence-electron chi connectivity index (χ4n) is 1.91. The average Bonchev–Trinajstić information content (AvgIpc) is 3.17. The molecule has 0 bridgehead atoms. The van der Waals surface area contributed by atoms with Crippen molar-refractivity contribution in [3.63, 3.8) is 0 Å². The summed E-state index contributed by atoms with van der Waals surface area (Å²) < 4.78 is 5.70. The summed E-state index contributed by atoms with van der Waals surface area (Å²) in [6.45, 7) is 0. The monoisotopic (exact) mass is 314 g/mol. The molecule has 0 aliphatic carbocycles. The number of hydrogen-bond acceptors (Lipinski definition) is 3. The molecule has 0 amide bonds. The Morgan fingerprint density at radius 3 is 2.71 bits per heavy atom. The minimum Gasteiger partial charge on any atom is -0.457 e. The van der Waals surface area contributed by atoms with Crippen LogP contribution in [0.4, 0.5) is 0 Å². The van der Waals surface area contributed by atoms with Crippen LogP contribution in [-0.2, 0) is 0 Å². The highest BCUT2D eigenvalue weighted by Crippen LogP contribution is 2.29. The minimum atomic E-state index is -0.0271. The van der Waals surface area contributed by atoms with Gasteiger partial charge in [-0.05, 0) is 47.9 Å². The maximum Gasteiger partial charge on any atom is 0.195 e. The second-order valence-corrected chi connectivity index (χ2v) is 5.71. The van der Waals surface area contributed by atoms with Gasteiger partial charge in [0.25, 0.3) is 0 Å². The number of ketones is 1. The molecule has 104 valence electrons. The molecule has 0 N–H and O–H groups in total. The van der Waals surface area contributed by atoms with Crippen LogP contribution >= 0.6 is 22.9 Å². The summed E-state index contributed by atoms with van der Waals surface area (Å²) in [5, 5.41) is 2.51. The van der Waals surface area contributed by atoms with Crippen molar-refractivity contribution in [2.75, 3.05) is 0 Å². The molecule has 3 rings (SSSR count). The zero-order valence-electron chi connectivity index (χ0n) is 11.0. The molecule has 0 atom stereocenters. The van der Waals surface area contributed by atoms with Crippen LogP contribution < -0.4 is 0 Å². The number of carbonyl (C=O) groups excluding carboxylic acids is 1. The van der Waals surface area contributed by atoms with E-state index in [9.17, 15) is 4.79 Å². The third kappa shape index (κ3) is 3.15. The minimum absolute atomic E-state index is 0.0271. The van der Waals surface area contributed by atoms with Crippen molar-refractivity contribution < 1.29 is 9.21 Å². The van der Waals surface area contributed by atoms with E-state index in [4.69, 9.17) is 16.0 Å². The predicted molar refractivity (Wildman–Crippen MR) is 86.8 cm³/mol. The topological polar surface area (TPSA) is 30.2 Å². The number of benzene rings is 1. The van der Waals surface area contributed by atoms with Crippen molar-refractivity contribution in [1.82, 2.24) is 0 Å². The third-order valence-electron chi connectivity index (χ3n) is 2.93. The molecule has 0 spiro atoms. The van der Waals surface area contributed by atoms with Crippen LogP contribution in [0, 0.1) is 0 Å². The Kier molecular flexibility index (Phi) is 4.04. The zero-order chi connectivity index (χ0) is 14.7. The maximum atomic E-state index is 11.9. The summed E-state index contributed by atoms with van der Waals surface area (Å²) in [7, 11) is 0. The van der Waals surface area contributed by atoms with E-state index in [0.29, 0.717) is 21.4 Å². The molecule has 21 heavy (non-hydrogen) atoms. The lowest BCUT2D eigenvalue weighted by Gasteiger charge is -1.98. The summed E-state index contributed by atoms with van der Waals surface area (Å²) >= 11 is 7.55. The average molecular weight is 315 g/mol. The highest BCUT2D eigenvalue weighted by atomic mass is 35.5. The molecule has 2 aromatic heterocycles. The Labute approximate surface area is 131 Å². The molecule has 0 aliphatic rings. The van der Waals surface area contributed by atoms with Gasteiger partial charge in [0.15, 0.2) is 5.78 Å². The summed E-state index contributed by atoms with van der Waals surface area (Å²) in [6, 6.07) is 14.8. The molecule has 2 heterocycles. The van der Waals surface area contributed by atoms with Gasteiger partial charge in [0.2, 0.25) is 0 Å². The number of rotatable bonds is 4. The summed E-state index contributed by atoms with van der Waals surface area (Å²) in [4.78, 5) is 12.6. The van der Waals surface area contributed by atoms with Gasteiger partial charge in [-0.3, -0.25) is 4.79 Å². The number of furan rings is 1. The quantitative estimate of drug-likeness (QED) is 0.466. The van der Waals surface area contributed by atoms with Crippen molar-refractivity contribution >= 4 is 34.8 Å². The van der Waals surface area contributed by atoms with Crippen molar-refractivity contribution in [3.8, 4) is 11.3 Å². The van der Waals surface area contributed by atoms with Gasteiger partial charge in [-0.2, -0.15) is 0 Å². The first-order valence-corrected chi connectivity index (χ1v) is 7.60. The van der Waals surface area contributed by atoms with Crippen LogP contribution in [0.15, 0.2) is 64.4 Å². The number of halogens is 1. The predicted octanol–water partition coefficient (Wildman–Crippen LogP) is 5.56.